The van der Waals surface area contributed by atoms with Crippen LogP contribution in [0.15, 0.2) is 41.9 Å². The number of benzene rings is 1. The van der Waals surface area contributed by atoms with Gasteiger partial charge >= 0.3 is 0 Å². The first-order valence-corrected chi connectivity index (χ1v) is 9.15. The van der Waals surface area contributed by atoms with Crippen LogP contribution in [-0.4, -0.2) is 21.6 Å². The van der Waals surface area contributed by atoms with Crippen molar-refractivity contribution in [2.24, 2.45) is 22.1 Å². The summed E-state index contributed by atoms with van der Waals surface area (Å²) in [7, 11) is 0. The molecule has 4 rings (SSSR count). The van der Waals surface area contributed by atoms with Crippen molar-refractivity contribution in [2.45, 2.75) is 45.6 Å². The minimum atomic E-state index is -0.854. The van der Waals surface area contributed by atoms with Gasteiger partial charge < -0.3 is 5.73 Å². The summed E-state index contributed by atoms with van der Waals surface area (Å²) >= 11 is 0. The summed E-state index contributed by atoms with van der Waals surface area (Å²) in [6, 6.07) is 6.30. The van der Waals surface area contributed by atoms with Crippen LogP contribution in [0.1, 0.15) is 44.7 Å². The average molecular weight is 348 g/mol. The molecule has 0 radical (unpaired) electrons. The maximum atomic E-state index is 13.4. The van der Waals surface area contributed by atoms with Crippen molar-refractivity contribution in [3.05, 3.63) is 48.0 Å². The molecule has 2 atom stereocenters. The minimum Gasteiger partial charge on any atom is -0.387 e. The van der Waals surface area contributed by atoms with Gasteiger partial charge in [-0.3, -0.25) is 9.79 Å². The Kier molecular flexibility index (Phi) is 3.72. The Morgan fingerprint density at radius 3 is 2.58 bits per heavy atom. The zero-order valence-electron chi connectivity index (χ0n) is 15.5. The van der Waals surface area contributed by atoms with Crippen molar-refractivity contribution in [1.82, 2.24) is 9.97 Å². The number of aliphatic imine (C=N–C) groups is 1. The van der Waals surface area contributed by atoms with Gasteiger partial charge in [-0.2, -0.15) is 0 Å². The number of ketones is 1. The summed E-state index contributed by atoms with van der Waals surface area (Å²) in [5.74, 6) is 0.350. The Morgan fingerprint density at radius 2 is 1.92 bits per heavy atom. The Morgan fingerprint density at radius 1 is 1.19 bits per heavy atom. The van der Waals surface area contributed by atoms with Crippen molar-refractivity contribution in [1.29, 1.82) is 0 Å². The fraction of sp³-hybridized carbons (Fsp3) is 0.429. The van der Waals surface area contributed by atoms with Gasteiger partial charge in [0.1, 0.15) is 17.7 Å². The third-order valence-corrected chi connectivity index (χ3v) is 5.66. The molecule has 2 aromatic rings. The molecule has 1 aromatic heterocycles. The largest absolute Gasteiger partial charge is 0.387 e. The van der Waals surface area contributed by atoms with E-state index in [2.05, 4.69) is 42.0 Å². The number of Topliss-reactive ketones (excluding diaryl/α,β-unsaturated/α-hetero) is 1. The number of amidine groups is 1. The normalized spacial score (nSPS) is 26.7. The van der Waals surface area contributed by atoms with E-state index < -0.39 is 5.54 Å². The van der Waals surface area contributed by atoms with E-state index in [0.29, 0.717) is 18.7 Å². The number of rotatable bonds is 2. The van der Waals surface area contributed by atoms with E-state index in [1.165, 1.54) is 11.9 Å². The lowest BCUT2D eigenvalue weighted by molar-refractivity contribution is -0.126. The third-order valence-electron chi connectivity index (χ3n) is 5.66. The van der Waals surface area contributed by atoms with E-state index in [-0.39, 0.29) is 17.1 Å². The van der Waals surface area contributed by atoms with Gasteiger partial charge in [-0.1, -0.05) is 32.9 Å². The van der Waals surface area contributed by atoms with E-state index in [0.717, 1.165) is 23.1 Å². The molecule has 0 amide bonds. The quantitative estimate of drug-likeness (QED) is 0.903. The first-order valence-electron chi connectivity index (χ1n) is 9.15. The van der Waals surface area contributed by atoms with Crippen LogP contribution in [-0.2, 0) is 16.8 Å². The summed E-state index contributed by atoms with van der Waals surface area (Å²) in [5, 5.41) is 0. The van der Waals surface area contributed by atoms with Gasteiger partial charge in [0.25, 0.3) is 0 Å². The Hall–Kier alpha value is -2.56. The number of aromatic nitrogens is 2. The van der Waals surface area contributed by atoms with Crippen molar-refractivity contribution in [3.8, 4) is 11.1 Å². The van der Waals surface area contributed by atoms with E-state index >= 15 is 0 Å². The fourth-order valence-electron chi connectivity index (χ4n) is 4.60. The summed E-state index contributed by atoms with van der Waals surface area (Å²) in [6.45, 7) is 6.40. The summed E-state index contributed by atoms with van der Waals surface area (Å²) in [5.41, 5.74) is 9.45. The van der Waals surface area contributed by atoms with Crippen LogP contribution in [0.5, 0.6) is 0 Å². The van der Waals surface area contributed by atoms with Crippen LogP contribution in [0.4, 0.5) is 0 Å². The second kappa shape index (κ2) is 5.73. The number of carbonyl (C=O) groups excluding carboxylic acids is 1. The zero-order chi connectivity index (χ0) is 18.5. The van der Waals surface area contributed by atoms with Crippen LogP contribution >= 0.6 is 0 Å². The topological polar surface area (TPSA) is 81.2 Å². The molecule has 26 heavy (non-hydrogen) atoms. The number of fused-ring (bicyclic) bond motifs is 2. The molecule has 2 N–H and O–H groups in total. The molecule has 2 aliphatic rings. The SMILES string of the molecule is CCC1C(=O)C2(CC(C)(C)Cc3ccc(-c4cncnc4)cc32)N=C1N. The highest BCUT2D eigenvalue weighted by atomic mass is 16.1. The van der Waals surface area contributed by atoms with Crippen molar-refractivity contribution >= 4 is 11.6 Å². The standard InChI is InChI=1S/C21H24N4O/c1-4-16-18(26)21(25-19(16)22)11-20(2,3)8-14-6-5-13(7-17(14)21)15-9-23-12-24-10-15/h5-7,9-10,12,16H,4,8,11H2,1-3H3,(H2,22,25). The summed E-state index contributed by atoms with van der Waals surface area (Å²) in [6.07, 6.45) is 7.41. The molecule has 5 heteroatoms. The highest BCUT2D eigenvalue weighted by molar-refractivity contribution is 6.13. The number of nitrogens with zero attached hydrogens (tertiary/aromatic N) is 3. The van der Waals surface area contributed by atoms with E-state index in [4.69, 9.17) is 10.7 Å². The van der Waals surface area contributed by atoms with Crippen LogP contribution in [0.2, 0.25) is 0 Å². The first kappa shape index (κ1) is 16.9. The molecule has 2 unspecified atom stereocenters. The highest BCUT2D eigenvalue weighted by Crippen LogP contribution is 2.51. The molecule has 1 aliphatic carbocycles. The van der Waals surface area contributed by atoms with Gasteiger partial charge in [0.05, 0.1) is 5.92 Å². The molecule has 5 nitrogen and oxygen atoms in total. The van der Waals surface area contributed by atoms with Crippen LogP contribution in [0, 0.1) is 11.3 Å². The molecule has 134 valence electrons. The lowest BCUT2D eigenvalue weighted by atomic mass is 9.63. The average Bonchev–Trinajstić information content (AvgIpc) is 2.84. The predicted molar refractivity (Wildman–Crippen MR) is 102 cm³/mol. The van der Waals surface area contributed by atoms with Gasteiger partial charge in [-0.15, -0.1) is 0 Å². The molecule has 0 saturated heterocycles. The molecule has 2 heterocycles. The lowest BCUT2D eigenvalue weighted by Gasteiger charge is -2.41. The second-order valence-corrected chi connectivity index (χ2v) is 8.24. The zero-order valence-corrected chi connectivity index (χ0v) is 15.5. The van der Waals surface area contributed by atoms with Crippen LogP contribution in [0.3, 0.4) is 0 Å². The van der Waals surface area contributed by atoms with Gasteiger partial charge in [0.15, 0.2) is 5.78 Å². The Bertz CT molecular complexity index is 903. The molecule has 1 spiro atoms. The molecule has 0 bridgehead atoms. The van der Waals surface area contributed by atoms with E-state index in [1.807, 2.05) is 6.92 Å². The van der Waals surface area contributed by atoms with Crippen molar-refractivity contribution in [2.75, 3.05) is 0 Å². The third kappa shape index (κ3) is 2.45. The highest BCUT2D eigenvalue weighted by Gasteiger charge is 2.54. The number of nitrogens with two attached hydrogens (primary N) is 1. The van der Waals surface area contributed by atoms with E-state index in [1.54, 1.807) is 12.4 Å². The minimum absolute atomic E-state index is 0.00749. The maximum Gasteiger partial charge on any atom is 0.175 e. The maximum absolute atomic E-state index is 13.4. The second-order valence-electron chi connectivity index (χ2n) is 8.24. The van der Waals surface area contributed by atoms with Gasteiger partial charge in [0, 0.05) is 18.0 Å². The molecular formula is C21H24N4O. The molecule has 0 fully saturated rings. The van der Waals surface area contributed by atoms with Crippen LogP contribution < -0.4 is 5.73 Å². The van der Waals surface area contributed by atoms with Crippen molar-refractivity contribution in [3.63, 3.8) is 0 Å². The molecule has 0 saturated carbocycles. The fourth-order valence-corrected chi connectivity index (χ4v) is 4.60. The van der Waals surface area contributed by atoms with Crippen molar-refractivity contribution < 1.29 is 4.79 Å². The predicted octanol–water partition coefficient (Wildman–Crippen LogP) is 3.28. The summed E-state index contributed by atoms with van der Waals surface area (Å²) < 4.78 is 0. The number of carbonyl (C=O) groups is 1. The smallest absolute Gasteiger partial charge is 0.175 e. The Balaban J connectivity index is 1.92. The number of hydrogen-bond donors (Lipinski definition) is 1. The molecule has 1 aliphatic heterocycles. The van der Waals surface area contributed by atoms with Gasteiger partial charge in [-0.25, -0.2) is 9.97 Å². The first-order chi connectivity index (χ1) is 12.4. The van der Waals surface area contributed by atoms with E-state index in [9.17, 15) is 4.79 Å². The number of hydrogen-bond acceptors (Lipinski definition) is 5. The van der Waals surface area contributed by atoms with Crippen LogP contribution in [0.25, 0.3) is 11.1 Å². The molecular weight excluding hydrogens is 324 g/mol. The molecule has 1 aromatic carbocycles. The summed E-state index contributed by atoms with van der Waals surface area (Å²) in [4.78, 5) is 26.4. The van der Waals surface area contributed by atoms with Gasteiger partial charge in [0.2, 0.25) is 0 Å². The monoisotopic (exact) mass is 348 g/mol. The Labute approximate surface area is 153 Å². The lowest BCUT2D eigenvalue weighted by Crippen LogP contribution is -2.43. The van der Waals surface area contributed by atoms with Gasteiger partial charge in [-0.05, 0) is 47.4 Å².